The average Bonchev–Trinajstić information content (AvgIpc) is 2.80. The molecular weight excluding hydrogens is 489 g/mol. The molecule has 0 aliphatic rings. The maximum Gasteiger partial charge on any atom is 0.421 e. The first-order chi connectivity index (χ1) is 18.4. The third-order valence-corrected chi connectivity index (χ3v) is 5.08. The fraction of sp³-hybridized carbons (Fsp3) is 0.250. The van der Waals surface area contributed by atoms with Gasteiger partial charge in [-0.1, -0.05) is 0 Å². The summed E-state index contributed by atoms with van der Waals surface area (Å²) in [5.41, 5.74) is -1.81. The molecule has 0 aliphatic heterocycles. The average molecular weight is 516 g/mol. The highest BCUT2D eigenvalue weighted by Gasteiger charge is 2.35. The van der Waals surface area contributed by atoms with Crippen molar-refractivity contribution in [1.29, 1.82) is 0 Å². The van der Waals surface area contributed by atoms with E-state index in [-0.39, 0.29) is 39.3 Å². The van der Waals surface area contributed by atoms with Gasteiger partial charge in [-0.2, -0.15) is 18.2 Å². The predicted molar refractivity (Wildman–Crippen MR) is 123 cm³/mol. The molecule has 0 saturated heterocycles. The minimum absolute atomic E-state index is 0.0288. The van der Waals surface area contributed by atoms with Crippen LogP contribution in [0.2, 0.25) is 0 Å². The summed E-state index contributed by atoms with van der Waals surface area (Å²) in [6.07, 6.45) is -1.73. The monoisotopic (exact) mass is 515 g/mol. The quantitative estimate of drug-likeness (QED) is 0.412. The molecule has 3 N–H and O–H groups in total. The number of hydrogen-bond donors (Lipinski definition) is 3. The number of amides is 1. The fourth-order valence-corrected chi connectivity index (χ4v) is 3.07. The van der Waals surface area contributed by atoms with Crippen LogP contribution in [0.15, 0.2) is 42.8 Å². The maximum atomic E-state index is 13.7. The van der Waals surface area contributed by atoms with Gasteiger partial charge in [0.15, 0.2) is 5.82 Å². The Morgan fingerprint density at radius 1 is 1.20 bits per heavy atom. The Morgan fingerprint density at radius 2 is 1.89 bits per heavy atom. The van der Waals surface area contributed by atoms with Crippen LogP contribution in [-0.2, 0) is 22.7 Å². The van der Waals surface area contributed by atoms with Gasteiger partial charge < -0.3 is 16.0 Å². The highest BCUT2D eigenvalue weighted by atomic mass is 32.2. The molecule has 2 heterocycles. The van der Waals surface area contributed by atoms with E-state index in [1.807, 2.05) is 0 Å². The van der Waals surface area contributed by atoms with Gasteiger partial charge in [-0.25, -0.2) is 18.4 Å². The van der Waals surface area contributed by atoms with Gasteiger partial charge in [0, 0.05) is 48.0 Å². The summed E-state index contributed by atoms with van der Waals surface area (Å²) in [5, 5.41) is 7.23. The fourth-order valence-electron chi connectivity index (χ4n) is 2.60. The number of benzene rings is 1. The number of alkyl halides is 3. The minimum atomic E-state index is -4.93. The van der Waals surface area contributed by atoms with Crippen LogP contribution in [0.25, 0.3) is 0 Å². The number of halogens is 3. The molecule has 0 saturated carbocycles. The van der Waals surface area contributed by atoms with Gasteiger partial charge in [0.25, 0.3) is 5.91 Å². The van der Waals surface area contributed by atoms with E-state index in [0.717, 1.165) is 24.5 Å². The minimum Gasteiger partial charge on any atom is -0.364 e. The second kappa shape index (κ2) is 10.1. The zero-order valence-electron chi connectivity index (χ0n) is 23.1. The van der Waals surface area contributed by atoms with Crippen LogP contribution >= 0.6 is 0 Å². The van der Waals surface area contributed by atoms with Crippen LogP contribution < -0.4 is 20.3 Å². The van der Waals surface area contributed by atoms with E-state index in [9.17, 15) is 26.4 Å². The highest BCUT2D eigenvalue weighted by molar-refractivity contribution is 7.92. The van der Waals surface area contributed by atoms with Crippen molar-refractivity contribution in [3.63, 3.8) is 0 Å². The molecular formula is C20H21F3N8O3S. The van der Waals surface area contributed by atoms with Crippen LogP contribution in [-0.4, -0.2) is 54.5 Å². The van der Waals surface area contributed by atoms with Crippen molar-refractivity contribution >= 4 is 39.2 Å². The van der Waals surface area contributed by atoms with Crippen molar-refractivity contribution in [2.24, 2.45) is 0 Å². The number of aromatic nitrogens is 4. The first-order valence-corrected chi connectivity index (χ1v) is 11.4. The van der Waals surface area contributed by atoms with E-state index in [2.05, 4.69) is 35.9 Å². The molecule has 3 rings (SSSR count). The molecule has 3 aromatic rings. The standard InChI is InChI=1S/C20H21F3N8O3S/c1-24-18(32)12-4-6-13(7-5-12)29-19-28-10-14(20(21,22)23)16(30-19)27-11-15-17(26-9-8-25-15)31(2)35(3,33)34/h4-10H,11H2,1-3H3,(H,24,32)(H2,27,28,29,30)/i2D3,4D,5D. The van der Waals surface area contributed by atoms with Gasteiger partial charge in [0.05, 0.1) is 15.5 Å². The van der Waals surface area contributed by atoms with Crippen molar-refractivity contribution < 1.29 is 33.2 Å². The van der Waals surface area contributed by atoms with Crippen LogP contribution in [0.1, 0.15) is 28.5 Å². The zero-order chi connectivity index (χ0) is 30.0. The Morgan fingerprint density at radius 3 is 2.49 bits per heavy atom. The van der Waals surface area contributed by atoms with Crippen molar-refractivity contribution in [1.82, 2.24) is 25.3 Å². The molecule has 15 heteroatoms. The van der Waals surface area contributed by atoms with Crippen LogP contribution in [0.4, 0.5) is 36.4 Å². The Bertz CT molecular complexity index is 1520. The lowest BCUT2D eigenvalue weighted by Gasteiger charge is -2.19. The molecule has 0 radical (unpaired) electrons. The number of nitrogens with one attached hydrogen (secondary N) is 3. The van der Waals surface area contributed by atoms with Crippen LogP contribution in [0.3, 0.4) is 0 Å². The van der Waals surface area contributed by atoms with Gasteiger partial charge in [-0.15, -0.1) is 0 Å². The second-order valence-corrected chi connectivity index (χ2v) is 8.60. The number of rotatable bonds is 8. The summed E-state index contributed by atoms with van der Waals surface area (Å²) < 4.78 is 104. The Hall–Kier alpha value is -4.01. The van der Waals surface area contributed by atoms with Crippen LogP contribution in [0.5, 0.6) is 0 Å². The Kier molecular flexibility index (Phi) is 5.57. The van der Waals surface area contributed by atoms with E-state index in [4.69, 9.17) is 6.85 Å². The number of carbonyl (C=O) groups is 1. The molecule has 1 amide bonds. The molecule has 0 spiro atoms. The molecule has 0 unspecified atom stereocenters. The van der Waals surface area contributed by atoms with Gasteiger partial charge >= 0.3 is 6.18 Å². The summed E-state index contributed by atoms with van der Waals surface area (Å²) in [5.74, 6) is -2.46. The number of sulfonamides is 1. The Labute approximate surface area is 205 Å². The van der Waals surface area contributed by atoms with Gasteiger partial charge in [-0.3, -0.25) is 14.1 Å². The van der Waals surface area contributed by atoms with Crippen molar-refractivity contribution in [3.8, 4) is 0 Å². The topological polar surface area (TPSA) is 142 Å². The molecule has 35 heavy (non-hydrogen) atoms. The molecule has 186 valence electrons. The summed E-state index contributed by atoms with van der Waals surface area (Å²) in [6, 6.07) is 1.63. The lowest BCUT2D eigenvalue weighted by atomic mass is 10.2. The zero-order valence-corrected chi connectivity index (χ0v) is 18.9. The summed E-state index contributed by atoms with van der Waals surface area (Å²) in [4.78, 5) is 27.0. The summed E-state index contributed by atoms with van der Waals surface area (Å²) in [7, 11) is -3.08. The molecule has 0 fully saturated rings. The lowest BCUT2D eigenvalue weighted by Crippen LogP contribution is -2.27. The molecule has 0 atom stereocenters. The first kappa shape index (κ1) is 19.3. The molecule has 11 nitrogen and oxygen atoms in total. The van der Waals surface area contributed by atoms with E-state index in [1.54, 1.807) is 0 Å². The maximum absolute atomic E-state index is 13.7. The molecule has 2 aromatic heterocycles. The van der Waals surface area contributed by atoms with Gasteiger partial charge in [-0.05, 0) is 24.2 Å². The van der Waals surface area contributed by atoms with Crippen molar-refractivity contribution in [3.05, 3.63) is 59.6 Å². The smallest absolute Gasteiger partial charge is 0.364 e. The van der Waals surface area contributed by atoms with Crippen molar-refractivity contribution in [2.45, 2.75) is 12.7 Å². The van der Waals surface area contributed by atoms with E-state index in [1.165, 1.54) is 7.05 Å². The Balaban J connectivity index is 1.99. The lowest BCUT2D eigenvalue weighted by molar-refractivity contribution is -0.137. The SMILES string of the molecule is [2H]c1cc(Nc2ncc(C(F)(F)F)c(NCc3nccnc3N(C([2H])([2H])[2H])S(C)(=O)=O)n2)cc([2H])c1C(=O)NC. The van der Waals surface area contributed by atoms with E-state index < -0.39 is 52.8 Å². The van der Waals surface area contributed by atoms with Crippen LogP contribution in [0, 0.1) is 0 Å². The second-order valence-electron chi connectivity index (χ2n) is 6.77. The number of carbonyl (C=O) groups excluding carboxylic acids is 1. The summed E-state index contributed by atoms with van der Waals surface area (Å²) in [6.45, 7) is -3.83. The third-order valence-electron chi connectivity index (χ3n) is 4.25. The normalized spacial score (nSPS) is 14.0. The van der Waals surface area contributed by atoms with Gasteiger partial charge in [0.2, 0.25) is 16.0 Å². The van der Waals surface area contributed by atoms with E-state index >= 15 is 0 Å². The highest BCUT2D eigenvalue weighted by Crippen LogP contribution is 2.34. The first-order valence-electron chi connectivity index (χ1n) is 12.0. The molecule has 1 aromatic carbocycles. The van der Waals surface area contributed by atoms with Crippen molar-refractivity contribution in [2.75, 3.05) is 35.2 Å². The predicted octanol–water partition coefficient (Wildman–Crippen LogP) is 2.40. The number of hydrogen-bond acceptors (Lipinski definition) is 9. The number of anilines is 4. The third kappa shape index (κ3) is 6.32. The number of nitrogens with zero attached hydrogens (tertiary/aromatic N) is 5. The summed E-state index contributed by atoms with van der Waals surface area (Å²) >= 11 is 0. The molecule has 0 aliphatic carbocycles. The van der Waals surface area contributed by atoms with Gasteiger partial charge in [0.1, 0.15) is 17.1 Å². The van der Waals surface area contributed by atoms with E-state index in [0.29, 0.717) is 12.5 Å². The molecule has 0 bridgehead atoms. The largest absolute Gasteiger partial charge is 0.421 e.